The van der Waals surface area contributed by atoms with E-state index in [-0.39, 0.29) is 24.0 Å². The zero-order valence-corrected chi connectivity index (χ0v) is 17.0. The lowest BCUT2D eigenvalue weighted by atomic mass is 10.2. The summed E-state index contributed by atoms with van der Waals surface area (Å²) in [5.74, 6) is 0.841. The smallest absolute Gasteiger partial charge is 0.191 e. The Morgan fingerprint density at radius 3 is 2.43 bits per heavy atom. The van der Waals surface area contributed by atoms with E-state index < -0.39 is 0 Å². The standard InChI is InChI=1S/C17H24N4S.HI/c1-18-17(19-11-10-16-5-4-12-22-16)20-13-14-6-8-15(9-7-14)21(2)3;/h4-9,12H,10-11,13H2,1-3H3,(H2,18,19,20);1H. The average molecular weight is 444 g/mol. The molecule has 1 aromatic heterocycles. The second kappa shape index (κ2) is 10.5. The summed E-state index contributed by atoms with van der Waals surface area (Å²) in [5.41, 5.74) is 2.45. The van der Waals surface area contributed by atoms with Gasteiger partial charge in [-0.15, -0.1) is 35.3 Å². The maximum atomic E-state index is 4.26. The van der Waals surface area contributed by atoms with Gasteiger partial charge in [-0.2, -0.15) is 0 Å². The fourth-order valence-electron chi connectivity index (χ4n) is 2.08. The van der Waals surface area contributed by atoms with Crippen LogP contribution in [0, 0.1) is 0 Å². The minimum absolute atomic E-state index is 0. The van der Waals surface area contributed by atoms with Gasteiger partial charge in [0.05, 0.1) is 0 Å². The Balaban J connectivity index is 0.00000264. The molecule has 6 heteroatoms. The number of nitrogens with zero attached hydrogens (tertiary/aromatic N) is 2. The van der Waals surface area contributed by atoms with E-state index in [9.17, 15) is 0 Å². The molecular weight excluding hydrogens is 419 g/mol. The number of hydrogen-bond donors (Lipinski definition) is 2. The first kappa shape index (κ1) is 19.8. The van der Waals surface area contributed by atoms with Gasteiger partial charge in [-0.25, -0.2) is 0 Å². The third-order valence-electron chi connectivity index (χ3n) is 3.38. The Bertz CT molecular complexity index is 579. The van der Waals surface area contributed by atoms with Crippen molar-refractivity contribution in [1.82, 2.24) is 10.6 Å². The second-order valence-electron chi connectivity index (χ2n) is 5.24. The molecule has 0 fully saturated rings. The summed E-state index contributed by atoms with van der Waals surface area (Å²) in [6.45, 7) is 1.66. The third-order valence-corrected chi connectivity index (χ3v) is 4.32. The number of nitrogens with one attached hydrogen (secondary N) is 2. The molecule has 0 saturated carbocycles. The lowest BCUT2D eigenvalue weighted by molar-refractivity contribution is 0.799. The van der Waals surface area contributed by atoms with Crippen LogP contribution in [0.4, 0.5) is 5.69 Å². The Morgan fingerprint density at radius 2 is 1.87 bits per heavy atom. The van der Waals surface area contributed by atoms with E-state index in [1.54, 1.807) is 18.4 Å². The van der Waals surface area contributed by atoms with Crippen LogP contribution in [0.5, 0.6) is 0 Å². The molecule has 2 N–H and O–H groups in total. The number of guanidine groups is 1. The monoisotopic (exact) mass is 444 g/mol. The molecule has 0 unspecified atom stereocenters. The van der Waals surface area contributed by atoms with E-state index in [1.807, 2.05) is 14.1 Å². The van der Waals surface area contributed by atoms with Gasteiger partial charge in [0.15, 0.2) is 5.96 Å². The van der Waals surface area contributed by atoms with Gasteiger partial charge in [-0.3, -0.25) is 4.99 Å². The largest absolute Gasteiger partial charge is 0.378 e. The van der Waals surface area contributed by atoms with Crippen molar-refractivity contribution in [2.75, 3.05) is 32.6 Å². The van der Waals surface area contributed by atoms with Crippen LogP contribution in [-0.4, -0.2) is 33.6 Å². The molecule has 0 aliphatic heterocycles. The highest BCUT2D eigenvalue weighted by Crippen LogP contribution is 2.12. The predicted molar refractivity (Wildman–Crippen MR) is 112 cm³/mol. The summed E-state index contributed by atoms with van der Waals surface area (Å²) in [6, 6.07) is 12.8. The van der Waals surface area contributed by atoms with Crippen LogP contribution in [0.2, 0.25) is 0 Å². The van der Waals surface area contributed by atoms with Gasteiger partial charge in [0.1, 0.15) is 0 Å². The summed E-state index contributed by atoms with van der Waals surface area (Å²) in [7, 11) is 5.90. The molecule has 126 valence electrons. The highest BCUT2D eigenvalue weighted by Gasteiger charge is 2.00. The number of aliphatic imine (C=N–C) groups is 1. The van der Waals surface area contributed by atoms with Gasteiger partial charge in [0.25, 0.3) is 0 Å². The van der Waals surface area contributed by atoms with Crippen molar-refractivity contribution in [2.24, 2.45) is 4.99 Å². The Morgan fingerprint density at radius 1 is 1.13 bits per heavy atom. The molecule has 2 rings (SSSR count). The molecule has 2 aromatic rings. The SMILES string of the molecule is CN=C(NCCc1cccs1)NCc1ccc(N(C)C)cc1.I. The maximum Gasteiger partial charge on any atom is 0.191 e. The molecule has 1 aromatic carbocycles. The molecule has 23 heavy (non-hydrogen) atoms. The fraction of sp³-hybridized carbons (Fsp3) is 0.353. The van der Waals surface area contributed by atoms with Crippen LogP contribution in [-0.2, 0) is 13.0 Å². The molecule has 1 heterocycles. The lowest BCUT2D eigenvalue weighted by Crippen LogP contribution is -2.37. The molecular formula is C17H25IN4S. The third kappa shape index (κ3) is 6.78. The van der Waals surface area contributed by atoms with Crippen molar-refractivity contribution in [3.63, 3.8) is 0 Å². The average Bonchev–Trinajstić information content (AvgIpc) is 3.04. The minimum Gasteiger partial charge on any atom is -0.378 e. The highest BCUT2D eigenvalue weighted by atomic mass is 127. The van der Waals surface area contributed by atoms with Gasteiger partial charge in [-0.05, 0) is 35.6 Å². The summed E-state index contributed by atoms with van der Waals surface area (Å²) < 4.78 is 0. The van der Waals surface area contributed by atoms with E-state index >= 15 is 0 Å². The second-order valence-corrected chi connectivity index (χ2v) is 6.28. The van der Waals surface area contributed by atoms with Crippen molar-refractivity contribution in [3.05, 3.63) is 52.2 Å². The number of benzene rings is 1. The Kier molecular flexibility index (Phi) is 9.01. The molecule has 0 radical (unpaired) electrons. The zero-order valence-electron chi connectivity index (χ0n) is 13.9. The van der Waals surface area contributed by atoms with Gasteiger partial charge in [0, 0.05) is 44.8 Å². The van der Waals surface area contributed by atoms with E-state index in [1.165, 1.54) is 16.1 Å². The van der Waals surface area contributed by atoms with Gasteiger partial charge < -0.3 is 15.5 Å². The van der Waals surface area contributed by atoms with Crippen LogP contribution < -0.4 is 15.5 Å². The number of thiophene rings is 1. The Hall–Kier alpha value is -1.28. The molecule has 0 amide bonds. The summed E-state index contributed by atoms with van der Waals surface area (Å²) in [4.78, 5) is 7.75. The summed E-state index contributed by atoms with van der Waals surface area (Å²) in [6.07, 6.45) is 1.02. The first-order valence-corrected chi connectivity index (χ1v) is 8.30. The van der Waals surface area contributed by atoms with Crippen LogP contribution in [0.1, 0.15) is 10.4 Å². The van der Waals surface area contributed by atoms with Crippen LogP contribution in [0.25, 0.3) is 0 Å². The lowest BCUT2D eigenvalue weighted by Gasteiger charge is -2.14. The van der Waals surface area contributed by atoms with E-state index in [2.05, 4.69) is 62.3 Å². The molecule has 0 spiro atoms. The van der Waals surface area contributed by atoms with Crippen LogP contribution >= 0.6 is 35.3 Å². The topological polar surface area (TPSA) is 39.7 Å². The first-order valence-electron chi connectivity index (χ1n) is 7.42. The van der Waals surface area contributed by atoms with Crippen molar-refractivity contribution in [1.29, 1.82) is 0 Å². The van der Waals surface area contributed by atoms with Crippen molar-refractivity contribution in [3.8, 4) is 0 Å². The normalized spacial score (nSPS) is 10.8. The van der Waals surface area contributed by atoms with Crippen LogP contribution in [0.15, 0.2) is 46.8 Å². The van der Waals surface area contributed by atoms with Gasteiger partial charge in [0.2, 0.25) is 0 Å². The molecule has 0 aliphatic rings. The molecule has 0 bridgehead atoms. The van der Waals surface area contributed by atoms with Crippen LogP contribution in [0.3, 0.4) is 0 Å². The highest BCUT2D eigenvalue weighted by molar-refractivity contribution is 14.0. The zero-order chi connectivity index (χ0) is 15.8. The minimum atomic E-state index is 0. The van der Waals surface area contributed by atoms with Gasteiger partial charge >= 0.3 is 0 Å². The Labute approximate surface area is 160 Å². The number of rotatable bonds is 6. The molecule has 0 saturated heterocycles. The molecule has 0 atom stereocenters. The predicted octanol–water partition coefficient (Wildman–Crippen LogP) is 3.34. The first-order chi connectivity index (χ1) is 10.7. The van der Waals surface area contributed by atoms with E-state index in [4.69, 9.17) is 0 Å². The molecule has 4 nitrogen and oxygen atoms in total. The number of hydrogen-bond acceptors (Lipinski definition) is 3. The summed E-state index contributed by atoms with van der Waals surface area (Å²) in [5, 5.41) is 8.80. The molecule has 0 aliphatic carbocycles. The van der Waals surface area contributed by atoms with Crippen molar-refractivity contribution in [2.45, 2.75) is 13.0 Å². The maximum absolute atomic E-state index is 4.26. The number of halogens is 1. The fourth-order valence-corrected chi connectivity index (χ4v) is 2.79. The quantitative estimate of drug-likeness (QED) is 0.408. The van der Waals surface area contributed by atoms with E-state index in [0.717, 1.165) is 25.5 Å². The van der Waals surface area contributed by atoms with Crippen molar-refractivity contribution >= 4 is 47.0 Å². The van der Waals surface area contributed by atoms with E-state index in [0.29, 0.717) is 0 Å². The van der Waals surface area contributed by atoms with Gasteiger partial charge in [-0.1, -0.05) is 18.2 Å². The van der Waals surface area contributed by atoms with Crippen molar-refractivity contribution < 1.29 is 0 Å². The summed E-state index contributed by atoms with van der Waals surface area (Å²) >= 11 is 1.79. The number of anilines is 1.